The number of amides is 1. The molecule has 0 radical (unpaired) electrons. The number of nitrogens with one attached hydrogen (secondary N) is 2. The highest BCUT2D eigenvalue weighted by Crippen LogP contribution is 2.08. The van der Waals surface area contributed by atoms with E-state index in [9.17, 15) is 4.79 Å². The predicted molar refractivity (Wildman–Crippen MR) is 68.3 cm³/mol. The van der Waals surface area contributed by atoms with Crippen LogP contribution in [0.5, 0.6) is 0 Å². The number of aliphatic imine (C=N–C) groups is 1. The van der Waals surface area contributed by atoms with Gasteiger partial charge in [0.15, 0.2) is 0 Å². The molecule has 0 atom stereocenters. The largest absolute Gasteiger partial charge is 0.353 e. The minimum absolute atomic E-state index is 0.0722. The van der Waals surface area contributed by atoms with E-state index in [0.29, 0.717) is 5.96 Å². The Morgan fingerprint density at radius 2 is 2.00 bits per heavy atom. The summed E-state index contributed by atoms with van der Waals surface area (Å²) in [7, 11) is 0. The summed E-state index contributed by atoms with van der Waals surface area (Å²) in [5, 5.41) is 3.03. The molecule has 0 aromatic rings. The van der Waals surface area contributed by atoms with E-state index < -0.39 is 0 Å². The molecule has 6 heteroatoms. The molecule has 1 saturated heterocycles. The van der Waals surface area contributed by atoms with Crippen LogP contribution >= 0.6 is 0 Å². The number of carbonyl (C=O) groups excluding carboxylic acids is 1. The number of hydrogen-bond donors (Lipinski definition) is 3. The molecule has 0 aliphatic carbocycles. The summed E-state index contributed by atoms with van der Waals surface area (Å²) in [5.41, 5.74) is 2.46. The Hall–Kier alpha value is -1.30. The SMILES string of the molecule is CC(C)NC(=NCC(=O)N1CCCCC1)NN. The summed E-state index contributed by atoms with van der Waals surface area (Å²) in [6.07, 6.45) is 3.42. The van der Waals surface area contributed by atoms with Gasteiger partial charge >= 0.3 is 0 Å². The molecule has 0 spiro atoms. The summed E-state index contributed by atoms with van der Waals surface area (Å²) in [6, 6.07) is 0.231. The Balaban J connectivity index is 2.40. The van der Waals surface area contributed by atoms with E-state index in [2.05, 4.69) is 15.7 Å². The lowest BCUT2D eigenvalue weighted by Crippen LogP contribution is -2.45. The van der Waals surface area contributed by atoms with E-state index in [1.807, 2.05) is 18.7 Å². The molecule has 0 aromatic carbocycles. The second kappa shape index (κ2) is 7.11. The maximum absolute atomic E-state index is 11.8. The number of nitrogens with zero attached hydrogens (tertiary/aromatic N) is 2. The van der Waals surface area contributed by atoms with Gasteiger partial charge in [0.05, 0.1) is 0 Å². The van der Waals surface area contributed by atoms with E-state index in [1.165, 1.54) is 6.42 Å². The van der Waals surface area contributed by atoms with Gasteiger partial charge in [0.2, 0.25) is 11.9 Å². The van der Waals surface area contributed by atoms with Crippen molar-refractivity contribution in [1.29, 1.82) is 0 Å². The molecule has 1 rings (SSSR count). The Kier molecular flexibility index (Phi) is 5.76. The zero-order valence-electron chi connectivity index (χ0n) is 10.7. The van der Waals surface area contributed by atoms with Crippen molar-refractivity contribution in [1.82, 2.24) is 15.6 Å². The average molecular weight is 241 g/mol. The van der Waals surface area contributed by atoms with E-state index in [-0.39, 0.29) is 18.5 Å². The number of hydrogen-bond acceptors (Lipinski definition) is 3. The maximum Gasteiger partial charge on any atom is 0.244 e. The van der Waals surface area contributed by atoms with E-state index in [4.69, 9.17) is 5.84 Å². The Bertz CT molecular complexity index is 271. The average Bonchev–Trinajstić information content (AvgIpc) is 2.34. The minimum atomic E-state index is 0.0722. The Labute approximate surface area is 103 Å². The third kappa shape index (κ3) is 5.04. The number of hydrazine groups is 1. The molecule has 4 N–H and O–H groups in total. The second-order valence-corrected chi connectivity index (χ2v) is 4.55. The fourth-order valence-electron chi connectivity index (χ4n) is 1.80. The van der Waals surface area contributed by atoms with Crippen molar-refractivity contribution in [2.75, 3.05) is 19.6 Å². The van der Waals surface area contributed by atoms with Gasteiger partial charge in [-0.15, -0.1) is 0 Å². The Morgan fingerprint density at radius 3 is 2.53 bits per heavy atom. The van der Waals surface area contributed by atoms with Gasteiger partial charge in [-0.1, -0.05) is 0 Å². The van der Waals surface area contributed by atoms with Crippen molar-refractivity contribution in [2.45, 2.75) is 39.2 Å². The van der Waals surface area contributed by atoms with Gasteiger partial charge in [-0.25, -0.2) is 10.8 Å². The predicted octanol–water partition coefficient (Wildman–Crippen LogP) is -0.184. The summed E-state index contributed by atoms with van der Waals surface area (Å²) >= 11 is 0. The summed E-state index contributed by atoms with van der Waals surface area (Å²) in [6.45, 7) is 5.84. The highest BCUT2D eigenvalue weighted by molar-refractivity contribution is 5.84. The standard InChI is InChI=1S/C11H23N5O/c1-9(2)14-11(15-12)13-8-10(17)16-6-4-3-5-7-16/h9H,3-8,12H2,1-2H3,(H2,13,14,15). The van der Waals surface area contributed by atoms with Crippen LogP contribution in [0.3, 0.4) is 0 Å². The maximum atomic E-state index is 11.8. The lowest BCUT2D eigenvalue weighted by Gasteiger charge is -2.26. The zero-order valence-corrected chi connectivity index (χ0v) is 10.7. The van der Waals surface area contributed by atoms with Gasteiger partial charge in [0, 0.05) is 19.1 Å². The van der Waals surface area contributed by atoms with Crippen LogP contribution in [0, 0.1) is 0 Å². The van der Waals surface area contributed by atoms with Crippen molar-refractivity contribution in [3.8, 4) is 0 Å². The minimum Gasteiger partial charge on any atom is -0.353 e. The third-order valence-corrected chi connectivity index (χ3v) is 2.64. The van der Waals surface area contributed by atoms with Crippen LogP contribution in [0.15, 0.2) is 4.99 Å². The molecule has 0 aromatic heterocycles. The molecule has 98 valence electrons. The van der Waals surface area contributed by atoms with Crippen LogP contribution in [0.2, 0.25) is 0 Å². The Morgan fingerprint density at radius 1 is 1.35 bits per heavy atom. The lowest BCUT2D eigenvalue weighted by molar-refractivity contribution is -0.130. The molecular formula is C11H23N5O. The van der Waals surface area contributed by atoms with Gasteiger partial charge in [-0.2, -0.15) is 0 Å². The highest BCUT2D eigenvalue weighted by atomic mass is 16.2. The molecule has 0 unspecified atom stereocenters. The first-order valence-electron chi connectivity index (χ1n) is 6.19. The summed E-state index contributed by atoms with van der Waals surface area (Å²) in [4.78, 5) is 17.8. The van der Waals surface area contributed by atoms with E-state index >= 15 is 0 Å². The molecule has 1 fully saturated rings. The van der Waals surface area contributed by atoms with Gasteiger partial charge < -0.3 is 10.2 Å². The molecule has 1 aliphatic heterocycles. The number of likely N-dealkylation sites (tertiary alicyclic amines) is 1. The number of guanidine groups is 1. The number of nitrogens with two attached hydrogens (primary N) is 1. The number of piperidine rings is 1. The quantitative estimate of drug-likeness (QED) is 0.277. The van der Waals surface area contributed by atoms with E-state index in [0.717, 1.165) is 25.9 Å². The van der Waals surface area contributed by atoms with Crippen LogP contribution in [0.4, 0.5) is 0 Å². The fourth-order valence-corrected chi connectivity index (χ4v) is 1.80. The van der Waals surface area contributed by atoms with Crippen molar-refractivity contribution < 1.29 is 4.79 Å². The third-order valence-electron chi connectivity index (χ3n) is 2.64. The first-order valence-corrected chi connectivity index (χ1v) is 6.19. The van der Waals surface area contributed by atoms with Gasteiger partial charge in [-0.3, -0.25) is 10.2 Å². The number of carbonyl (C=O) groups is 1. The van der Waals surface area contributed by atoms with Crippen LogP contribution in [0.25, 0.3) is 0 Å². The van der Waals surface area contributed by atoms with Crippen molar-refractivity contribution >= 4 is 11.9 Å². The lowest BCUT2D eigenvalue weighted by atomic mass is 10.1. The summed E-state index contributed by atoms with van der Waals surface area (Å²) < 4.78 is 0. The van der Waals surface area contributed by atoms with Gasteiger partial charge in [0.25, 0.3) is 0 Å². The second-order valence-electron chi connectivity index (χ2n) is 4.55. The van der Waals surface area contributed by atoms with E-state index in [1.54, 1.807) is 0 Å². The topological polar surface area (TPSA) is 82.8 Å². The fraction of sp³-hybridized carbons (Fsp3) is 0.818. The molecule has 1 aliphatic rings. The van der Waals surface area contributed by atoms with Crippen LogP contribution in [-0.2, 0) is 4.79 Å². The molecule has 17 heavy (non-hydrogen) atoms. The van der Waals surface area contributed by atoms with Gasteiger partial charge in [-0.05, 0) is 33.1 Å². The number of rotatable bonds is 3. The molecule has 0 bridgehead atoms. The smallest absolute Gasteiger partial charge is 0.244 e. The highest BCUT2D eigenvalue weighted by Gasteiger charge is 2.15. The monoisotopic (exact) mass is 241 g/mol. The van der Waals surface area contributed by atoms with Crippen molar-refractivity contribution in [3.05, 3.63) is 0 Å². The van der Waals surface area contributed by atoms with Crippen molar-refractivity contribution in [3.63, 3.8) is 0 Å². The van der Waals surface area contributed by atoms with Crippen LogP contribution in [0.1, 0.15) is 33.1 Å². The molecule has 1 heterocycles. The first kappa shape index (κ1) is 13.8. The van der Waals surface area contributed by atoms with Crippen LogP contribution in [-0.4, -0.2) is 42.4 Å². The normalized spacial score (nSPS) is 17.2. The zero-order chi connectivity index (χ0) is 12.7. The molecule has 0 saturated carbocycles. The first-order chi connectivity index (χ1) is 8.13. The van der Waals surface area contributed by atoms with Crippen molar-refractivity contribution in [2.24, 2.45) is 10.8 Å². The van der Waals surface area contributed by atoms with Crippen LogP contribution < -0.4 is 16.6 Å². The molecular weight excluding hydrogens is 218 g/mol. The molecule has 1 amide bonds. The van der Waals surface area contributed by atoms with Gasteiger partial charge in [0.1, 0.15) is 6.54 Å². The summed E-state index contributed by atoms with van der Waals surface area (Å²) in [5.74, 6) is 5.85. The molecule has 6 nitrogen and oxygen atoms in total.